The summed E-state index contributed by atoms with van der Waals surface area (Å²) in [6.45, 7) is 3.33. The molecule has 0 atom stereocenters. The molecule has 0 saturated carbocycles. The van der Waals surface area contributed by atoms with Gasteiger partial charge in [-0.15, -0.1) is 0 Å². The topological polar surface area (TPSA) is 46.6 Å². The lowest BCUT2D eigenvalue weighted by molar-refractivity contribution is -0.114. The maximum atomic E-state index is 11.8. The lowest BCUT2D eigenvalue weighted by Crippen LogP contribution is -2.32. The number of fused-ring (bicyclic) bond motifs is 1. The van der Waals surface area contributed by atoms with Crippen LogP contribution in [0.25, 0.3) is 0 Å². The van der Waals surface area contributed by atoms with Gasteiger partial charge in [0.2, 0.25) is 0 Å². The van der Waals surface area contributed by atoms with Crippen LogP contribution in [-0.4, -0.2) is 31.4 Å². The maximum Gasteiger partial charge on any atom is 0.299 e. The zero-order valence-corrected chi connectivity index (χ0v) is 11.0. The average Bonchev–Trinajstić information content (AvgIpc) is 2.55. The van der Waals surface area contributed by atoms with Gasteiger partial charge in [-0.05, 0) is 35.0 Å². The van der Waals surface area contributed by atoms with Gasteiger partial charge in [-0.2, -0.15) is 0 Å². The van der Waals surface area contributed by atoms with Crippen molar-refractivity contribution in [1.82, 2.24) is 0 Å². The molecule has 1 aliphatic rings. The molecule has 0 aromatic heterocycles. The van der Waals surface area contributed by atoms with Gasteiger partial charge in [0.1, 0.15) is 0 Å². The molecule has 0 radical (unpaired) electrons. The third kappa shape index (κ3) is 2.12. The van der Waals surface area contributed by atoms with Crippen LogP contribution < -0.4 is 4.90 Å². The highest BCUT2D eigenvalue weighted by Gasteiger charge is 2.36. The highest BCUT2D eigenvalue weighted by Crippen LogP contribution is 2.33. The zero-order valence-electron chi connectivity index (χ0n) is 9.40. The van der Waals surface area contributed by atoms with Crippen LogP contribution in [0.4, 0.5) is 5.69 Å². The number of ketones is 1. The van der Waals surface area contributed by atoms with Gasteiger partial charge in [-0.3, -0.25) is 9.59 Å². The third-order valence-corrected chi connectivity index (χ3v) is 3.27. The zero-order chi connectivity index (χ0) is 12.4. The van der Waals surface area contributed by atoms with Gasteiger partial charge in [0.25, 0.3) is 11.7 Å². The van der Waals surface area contributed by atoms with E-state index in [1.165, 1.54) is 4.90 Å². The van der Waals surface area contributed by atoms with Crippen molar-refractivity contribution in [3.63, 3.8) is 0 Å². The molecule has 0 N–H and O–H groups in total. The second-order valence-electron chi connectivity index (χ2n) is 3.62. The Balaban J connectivity index is 2.29. The Kier molecular flexibility index (Phi) is 3.59. The smallest absolute Gasteiger partial charge is 0.299 e. The lowest BCUT2D eigenvalue weighted by Gasteiger charge is -2.16. The first kappa shape index (κ1) is 12.3. The first-order chi connectivity index (χ1) is 8.16. The monoisotopic (exact) mass is 297 g/mol. The molecule has 1 aromatic rings. The highest BCUT2D eigenvalue weighted by molar-refractivity contribution is 9.10. The van der Waals surface area contributed by atoms with Crippen molar-refractivity contribution in [2.75, 3.05) is 24.7 Å². The fraction of sp³-hybridized carbons (Fsp3) is 0.333. The second-order valence-corrected chi connectivity index (χ2v) is 4.47. The Morgan fingerprint density at radius 2 is 2.12 bits per heavy atom. The van der Waals surface area contributed by atoms with Crippen molar-refractivity contribution in [3.05, 3.63) is 28.2 Å². The Hall–Kier alpha value is -1.20. The van der Waals surface area contributed by atoms with Gasteiger partial charge in [0, 0.05) is 17.6 Å². The number of hydrogen-bond donors (Lipinski definition) is 0. The molecular formula is C12H12BrNO3. The fourth-order valence-corrected chi connectivity index (χ4v) is 2.36. The van der Waals surface area contributed by atoms with E-state index in [9.17, 15) is 9.59 Å². The van der Waals surface area contributed by atoms with Gasteiger partial charge in [-0.1, -0.05) is 6.07 Å². The number of amides is 1. The number of nitrogens with zero attached hydrogens (tertiary/aromatic N) is 1. The molecule has 0 unspecified atom stereocenters. The minimum Gasteiger partial charge on any atom is -0.380 e. The van der Waals surface area contributed by atoms with Gasteiger partial charge in [0.15, 0.2) is 0 Å². The molecule has 4 nitrogen and oxygen atoms in total. The minimum absolute atomic E-state index is 0.405. The molecule has 5 heteroatoms. The van der Waals surface area contributed by atoms with Gasteiger partial charge in [-0.25, -0.2) is 0 Å². The summed E-state index contributed by atoms with van der Waals surface area (Å²) in [6.07, 6.45) is 0. The van der Waals surface area contributed by atoms with Crippen molar-refractivity contribution >= 4 is 33.3 Å². The van der Waals surface area contributed by atoms with Crippen LogP contribution in [0, 0.1) is 0 Å². The first-order valence-electron chi connectivity index (χ1n) is 5.39. The van der Waals surface area contributed by atoms with Crippen LogP contribution in [0.15, 0.2) is 22.7 Å². The van der Waals surface area contributed by atoms with Crippen molar-refractivity contribution < 1.29 is 14.3 Å². The van der Waals surface area contributed by atoms with E-state index in [1.54, 1.807) is 12.1 Å². The van der Waals surface area contributed by atoms with Crippen LogP contribution in [0.1, 0.15) is 17.3 Å². The molecular weight excluding hydrogens is 286 g/mol. The van der Waals surface area contributed by atoms with Crippen LogP contribution in [0.2, 0.25) is 0 Å². The number of hydrogen-bond acceptors (Lipinski definition) is 3. The number of benzene rings is 1. The predicted octanol–water partition coefficient (Wildman–Crippen LogP) is 2.01. The number of carbonyl (C=O) groups is 2. The van der Waals surface area contributed by atoms with E-state index in [4.69, 9.17) is 4.74 Å². The number of carbonyl (C=O) groups excluding carboxylic acids is 2. The van der Waals surface area contributed by atoms with Gasteiger partial charge < -0.3 is 9.64 Å². The second kappa shape index (κ2) is 4.98. The summed E-state index contributed by atoms with van der Waals surface area (Å²) in [5, 5.41) is 0. The Morgan fingerprint density at radius 1 is 1.35 bits per heavy atom. The fourth-order valence-electron chi connectivity index (χ4n) is 1.82. The third-order valence-electron chi connectivity index (χ3n) is 2.61. The van der Waals surface area contributed by atoms with Gasteiger partial charge in [0.05, 0.1) is 17.9 Å². The normalized spacial score (nSPS) is 14.4. The maximum absolute atomic E-state index is 11.8. The summed E-state index contributed by atoms with van der Waals surface area (Å²) in [5.74, 6) is -0.935. The van der Waals surface area contributed by atoms with Crippen LogP contribution in [0.3, 0.4) is 0 Å². The molecule has 0 spiro atoms. The van der Waals surface area contributed by atoms with Crippen molar-refractivity contribution in [3.8, 4) is 0 Å². The van der Waals surface area contributed by atoms with E-state index >= 15 is 0 Å². The molecule has 2 rings (SSSR count). The summed E-state index contributed by atoms with van der Waals surface area (Å²) >= 11 is 3.29. The summed E-state index contributed by atoms with van der Waals surface area (Å²) in [6, 6.07) is 5.34. The number of halogens is 1. The predicted molar refractivity (Wildman–Crippen MR) is 67.3 cm³/mol. The Labute approximate surface area is 108 Å². The number of ether oxygens (including phenoxy) is 1. The summed E-state index contributed by atoms with van der Waals surface area (Å²) in [4.78, 5) is 25.1. The molecule has 0 bridgehead atoms. The minimum atomic E-state index is -0.480. The lowest BCUT2D eigenvalue weighted by atomic mass is 10.1. The molecule has 1 amide bonds. The molecule has 0 aliphatic carbocycles. The van der Waals surface area contributed by atoms with E-state index in [0.717, 1.165) is 0 Å². The summed E-state index contributed by atoms with van der Waals surface area (Å²) in [7, 11) is 0. The standard InChI is InChI=1S/C12H12BrNO3/c1-2-17-7-6-14-9-5-3-4-8(13)10(9)11(15)12(14)16/h3-5H,2,6-7H2,1H3. The van der Waals surface area contributed by atoms with E-state index < -0.39 is 11.7 Å². The molecule has 90 valence electrons. The Morgan fingerprint density at radius 3 is 2.82 bits per heavy atom. The van der Waals surface area contributed by atoms with Crippen LogP contribution >= 0.6 is 15.9 Å². The Bertz CT molecular complexity index is 473. The molecule has 17 heavy (non-hydrogen) atoms. The summed E-state index contributed by atoms with van der Waals surface area (Å²) in [5.41, 5.74) is 1.11. The van der Waals surface area contributed by atoms with Crippen LogP contribution in [-0.2, 0) is 9.53 Å². The molecule has 0 fully saturated rings. The van der Waals surface area contributed by atoms with Crippen LogP contribution in [0.5, 0.6) is 0 Å². The number of rotatable bonds is 4. The van der Waals surface area contributed by atoms with E-state index in [2.05, 4.69) is 15.9 Å². The molecule has 1 heterocycles. The average molecular weight is 298 g/mol. The molecule has 1 aromatic carbocycles. The number of Topliss-reactive ketones (excluding diaryl/α,β-unsaturated/α-hetero) is 1. The van der Waals surface area contributed by atoms with Crippen molar-refractivity contribution in [2.24, 2.45) is 0 Å². The SMILES string of the molecule is CCOCCN1C(=O)C(=O)c2c(Br)cccc21. The van der Waals surface area contributed by atoms with E-state index in [-0.39, 0.29) is 0 Å². The van der Waals surface area contributed by atoms with Crippen molar-refractivity contribution in [1.29, 1.82) is 0 Å². The van der Waals surface area contributed by atoms with E-state index in [1.807, 2.05) is 13.0 Å². The van der Waals surface area contributed by atoms with Crippen molar-refractivity contribution in [2.45, 2.75) is 6.92 Å². The molecule has 0 saturated heterocycles. The first-order valence-corrected chi connectivity index (χ1v) is 6.18. The van der Waals surface area contributed by atoms with E-state index in [0.29, 0.717) is 35.5 Å². The summed E-state index contributed by atoms with van der Waals surface area (Å²) < 4.78 is 5.87. The molecule has 1 aliphatic heterocycles. The van der Waals surface area contributed by atoms with Gasteiger partial charge >= 0.3 is 0 Å². The quantitative estimate of drug-likeness (QED) is 0.631. The largest absolute Gasteiger partial charge is 0.380 e. The number of anilines is 1. The highest BCUT2D eigenvalue weighted by atomic mass is 79.9.